The molecule has 3 aromatic rings. The number of aryl methyl sites for hydroxylation is 1. The van der Waals surface area contributed by atoms with Crippen molar-refractivity contribution in [2.75, 3.05) is 26.4 Å². The maximum absolute atomic E-state index is 5.74. The number of aromatic nitrogens is 1. The number of hydrogen-bond acceptors (Lipinski definition) is 3. The van der Waals surface area contributed by atoms with Crippen molar-refractivity contribution in [3.63, 3.8) is 0 Å². The van der Waals surface area contributed by atoms with Crippen LogP contribution in [0.2, 0.25) is 0 Å². The lowest BCUT2D eigenvalue weighted by atomic mass is 9.77. The summed E-state index contributed by atoms with van der Waals surface area (Å²) in [5.41, 5.74) is 7.43. The fourth-order valence-corrected chi connectivity index (χ4v) is 5.35. The summed E-state index contributed by atoms with van der Waals surface area (Å²) < 4.78 is 11.1. The Morgan fingerprint density at radius 2 is 1.41 bits per heavy atom. The van der Waals surface area contributed by atoms with E-state index in [9.17, 15) is 0 Å². The fraction of sp³-hybridized carbons (Fsp3) is 0.441. The molecule has 0 aliphatic heterocycles. The summed E-state index contributed by atoms with van der Waals surface area (Å²) in [6.45, 7) is 8.85. The molecule has 0 bridgehead atoms. The van der Waals surface area contributed by atoms with Gasteiger partial charge in [-0.05, 0) is 80.0 Å². The Balaban J connectivity index is 1.15. The van der Waals surface area contributed by atoms with Gasteiger partial charge in [0.05, 0.1) is 12.3 Å². The molecular weight excluding hydrogens is 454 g/mol. The zero-order valence-electron chi connectivity index (χ0n) is 22.5. The highest BCUT2D eigenvalue weighted by Gasteiger charge is 2.22. The second-order valence-corrected chi connectivity index (χ2v) is 10.5. The van der Waals surface area contributed by atoms with Gasteiger partial charge in [0.15, 0.2) is 0 Å². The Bertz CT molecular complexity index is 1050. The number of nitrogens with zero attached hydrogens (tertiary/aromatic N) is 1. The van der Waals surface area contributed by atoms with E-state index in [2.05, 4.69) is 80.4 Å². The highest BCUT2D eigenvalue weighted by atomic mass is 16.5. The molecule has 1 saturated carbocycles. The van der Waals surface area contributed by atoms with Crippen molar-refractivity contribution in [3.05, 3.63) is 90.6 Å². The number of ether oxygens (including phenoxy) is 2. The molecule has 37 heavy (non-hydrogen) atoms. The van der Waals surface area contributed by atoms with Crippen molar-refractivity contribution in [1.29, 1.82) is 0 Å². The molecule has 1 aliphatic rings. The van der Waals surface area contributed by atoms with Gasteiger partial charge < -0.3 is 9.47 Å². The second kappa shape index (κ2) is 14.9. The van der Waals surface area contributed by atoms with E-state index in [1.807, 2.05) is 0 Å². The molecule has 3 heteroatoms. The molecule has 0 saturated heterocycles. The van der Waals surface area contributed by atoms with Crippen LogP contribution in [0.3, 0.4) is 0 Å². The van der Waals surface area contributed by atoms with E-state index in [0.29, 0.717) is 12.5 Å². The van der Waals surface area contributed by atoms with Gasteiger partial charge in [-0.15, -0.1) is 6.58 Å². The smallest absolute Gasteiger partial charge is 0.0702 e. The minimum atomic E-state index is 0.633. The summed E-state index contributed by atoms with van der Waals surface area (Å²) >= 11 is 0. The van der Waals surface area contributed by atoms with Crippen molar-refractivity contribution in [1.82, 2.24) is 4.98 Å². The highest BCUT2D eigenvalue weighted by molar-refractivity contribution is 5.69. The first-order valence-electron chi connectivity index (χ1n) is 14.1. The minimum Gasteiger partial charge on any atom is -0.381 e. The first kappa shape index (κ1) is 27.3. The molecule has 0 amide bonds. The van der Waals surface area contributed by atoms with Crippen molar-refractivity contribution < 1.29 is 9.47 Å². The Hall–Kier alpha value is -2.75. The molecule has 0 atom stereocenters. The average Bonchev–Trinajstić information content (AvgIpc) is 2.95. The van der Waals surface area contributed by atoms with Crippen molar-refractivity contribution in [3.8, 4) is 22.4 Å². The van der Waals surface area contributed by atoms with Gasteiger partial charge in [0.2, 0.25) is 0 Å². The highest BCUT2D eigenvalue weighted by Crippen LogP contribution is 2.38. The van der Waals surface area contributed by atoms with Crippen LogP contribution in [0.4, 0.5) is 0 Å². The maximum Gasteiger partial charge on any atom is 0.0702 e. The van der Waals surface area contributed by atoms with Gasteiger partial charge in [0, 0.05) is 31.6 Å². The van der Waals surface area contributed by atoms with Gasteiger partial charge in [0.1, 0.15) is 0 Å². The number of unbranched alkanes of at least 4 members (excludes halogenated alkanes) is 1. The molecular formula is C34H43NO2. The zero-order chi connectivity index (χ0) is 25.7. The van der Waals surface area contributed by atoms with Crippen LogP contribution >= 0.6 is 0 Å². The van der Waals surface area contributed by atoms with Crippen LogP contribution < -0.4 is 0 Å². The summed E-state index contributed by atoms with van der Waals surface area (Å²) in [7, 11) is 0. The maximum atomic E-state index is 5.74. The van der Waals surface area contributed by atoms with E-state index in [4.69, 9.17) is 14.5 Å². The molecule has 0 N–H and O–H groups in total. The molecule has 2 aromatic carbocycles. The molecule has 0 spiro atoms. The Morgan fingerprint density at radius 3 is 2.08 bits per heavy atom. The van der Waals surface area contributed by atoms with Gasteiger partial charge in [-0.2, -0.15) is 0 Å². The van der Waals surface area contributed by atoms with Crippen LogP contribution in [-0.4, -0.2) is 31.4 Å². The summed E-state index contributed by atoms with van der Waals surface area (Å²) in [6.07, 6.45) is 13.9. The summed E-state index contributed by atoms with van der Waals surface area (Å²) in [4.78, 5) is 4.84. The van der Waals surface area contributed by atoms with Crippen LogP contribution in [-0.2, 0) is 9.47 Å². The molecule has 4 rings (SSSR count). The third-order valence-corrected chi connectivity index (χ3v) is 7.63. The van der Waals surface area contributed by atoms with E-state index < -0.39 is 0 Å². The average molecular weight is 498 g/mol. The number of hydrogen-bond donors (Lipinski definition) is 0. The van der Waals surface area contributed by atoms with Gasteiger partial charge >= 0.3 is 0 Å². The monoisotopic (exact) mass is 497 g/mol. The molecule has 196 valence electrons. The third kappa shape index (κ3) is 8.66. The van der Waals surface area contributed by atoms with Gasteiger partial charge in [-0.1, -0.05) is 79.1 Å². The first-order valence-corrected chi connectivity index (χ1v) is 14.1. The standard InChI is InChI=1S/C34H43NO2/c1-3-22-36-24-6-25-37-23-5-4-7-28-10-14-31(15-11-28)33-20-21-34(35-26-33)32-18-16-30(17-19-32)29-12-8-27(2)9-13-29/h3,8-9,12-13,16-21,26,28,31H,1,4-7,10-11,14-15,22-25H2,2H3. The summed E-state index contributed by atoms with van der Waals surface area (Å²) in [5.74, 6) is 1.54. The van der Waals surface area contributed by atoms with Crippen molar-refractivity contribution in [2.45, 2.75) is 64.2 Å². The van der Waals surface area contributed by atoms with Gasteiger partial charge in [-0.3, -0.25) is 4.98 Å². The van der Waals surface area contributed by atoms with E-state index in [1.54, 1.807) is 6.08 Å². The topological polar surface area (TPSA) is 31.4 Å². The second-order valence-electron chi connectivity index (χ2n) is 10.5. The van der Waals surface area contributed by atoms with E-state index in [-0.39, 0.29) is 0 Å². The number of benzene rings is 2. The van der Waals surface area contributed by atoms with Crippen molar-refractivity contribution >= 4 is 0 Å². The quantitative estimate of drug-likeness (QED) is 0.165. The third-order valence-electron chi connectivity index (χ3n) is 7.63. The molecule has 1 aliphatic carbocycles. The molecule has 1 heterocycles. The minimum absolute atomic E-state index is 0.633. The molecule has 3 nitrogen and oxygen atoms in total. The molecule has 0 radical (unpaired) electrons. The van der Waals surface area contributed by atoms with Crippen LogP contribution in [0.5, 0.6) is 0 Å². The first-order chi connectivity index (χ1) is 18.2. The molecule has 1 fully saturated rings. The largest absolute Gasteiger partial charge is 0.381 e. The number of rotatable bonds is 14. The predicted octanol–water partition coefficient (Wildman–Crippen LogP) is 8.78. The van der Waals surface area contributed by atoms with Crippen LogP contribution in [0.1, 0.15) is 68.4 Å². The fourth-order valence-electron chi connectivity index (χ4n) is 5.35. The van der Waals surface area contributed by atoms with Crippen molar-refractivity contribution in [2.24, 2.45) is 5.92 Å². The van der Waals surface area contributed by atoms with Gasteiger partial charge in [-0.25, -0.2) is 0 Å². The SMILES string of the molecule is C=CCOCCCOCCCCC1CCC(c2ccc(-c3ccc(-c4ccc(C)cc4)cc3)nc2)CC1. The summed E-state index contributed by atoms with van der Waals surface area (Å²) in [5, 5.41) is 0. The van der Waals surface area contributed by atoms with Gasteiger partial charge in [0.25, 0.3) is 0 Å². The van der Waals surface area contributed by atoms with E-state index in [1.165, 1.54) is 72.8 Å². The predicted molar refractivity (Wildman–Crippen MR) is 155 cm³/mol. The van der Waals surface area contributed by atoms with Crippen LogP contribution in [0.15, 0.2) is 79.5 Å². The van der Waals surface area contributed by atoms with E-state index in [0.717, 1.165) is 37.9 Å². The molecule has 1 aromatic heterocycles. The zero-order valence-corrected chi connectivity index (χ0v) is 22.5. The molecule has 0 unspecified atom stereocenters. The lowest BCUT2D eigenvalue weighted by molar-refractivity contribution is 0.0902. The Morgan fingerprint density at radius 1 is 0.757 bits per heavy atom. The lowest BCUT2D eigenvalue weighted by Gasteiger charge is -2.28. The van der Waals surface area contributed by atoms with E-state index >= 15 is 0 Å². The van der Waals surface area contributed by atoms with Crippen LogP contribution in [0.25, 0.3) is 22.4 Å². The summed E-state index contributed by atoms with van der Waals surface area (Å²) in [6, 6.07) is 22.0. The van der Waals surface area contributed by atoms with Crippen LogP contribution in [0, 0.1) is 12.8 Å². The Kier molecular flexibility index (Phi) is 11.0. The number of pyridine rings is 1. The Labute approximate surface area is 224 Å². The normalized spacial score (nSPS) is 17.5. The lowest BCUT2D eigenvalue weighted by Crippen LogP contribution is -2.14.